The highest BCUT2D eigenvalue weighted by molar-refractivity contribution is 6.14. The molecular weight excluding hydrogens is 1420 g/mol. The Bertz CT molecular complexity index is 6710. The molecule has 0 heterocycles. The SMILES string of the molecule is Cc1ccc(-c2cc3ccccc3c3ccccc23)cc1.Cc1ccc(-c2ccc3c(c2)C(C)(C)c2ccccc2-3)cc1.Cc1ccc(-c2ccc3ccccc3c2)cc1.Cc1ccc(-c2cccc(-c3ccccc3)c2)cc1.Cc1ccc(-c2cccc3ccccc23)cc1.Cc1ccc2c(c1)C(C)(C)c1cc(-c3ccccc3)ccc1-2. The van der Waals surface area contributed by atoms with Gasteiger partial charge in [0, 0.05) is 10.8 Å². The third-order valence-electron chi connectivity index (χ3n) is 23.7. The van der Waals surface area contributed by atoms with Crippen LogP contribution in [0.25, 0.3) is 143 Å². The van der Waals surface area contributed by atoms with Crippen molar-refractivity contribution in [1.82, 2.24) is 0 Å². The van der Waals surface area contributed by atoms with Gasteiger partial charge in [-0.25, -0.2) is 0 Å². The van der Waals surface area contributed by atoms with E-state index >= 15 is 0 Å². The molecule has 21 rings (SSSR count). The zero-order valence-electron chi connectivity index (χ0n) is 69.4. The second-order valence-corrected chi connectivity index (χ2v) is 32.8. The number of hydrogen-bond donors (Lipinski definition) is 0. The van der Waals surface area contributed by atoms with Crippen molar-refractivity contribution in [1.29, 1.82) is 0 Å². The Morgan fingerprint density at radius 1 is 0.136 bits per heavy atom. The maximum absolute atomic E-state index is 2.38. The molecule has 0 bridgehead atoms. The third-order valence-corrected chi connectivity index (χ3v) is 23.7. The number of hydrogen-bond acceptors (Lipinski definition) is 0. The van der Waals surface area contributed by atoms with Crippen LogP contribution in [0.1, 0.15) is 83.3 Å². The van der Waals surface area contributed by atoms with Crippen LogP contribution in [0.3, 0.4) is 0 Å². The van der Waals surface area contributed by atoms with Crippen LogP contribution in [0.4, 0.5) is 0 Å². The minimum Gasteiger partial charge on any atom is -0.0622 e. The molecule has 0 fully saturated rings. The van der Waals surface area contributed by atoms with Crippen LogP contribution in [-0.4, -0.2) is 0 Å². The van der Waals surface area contributed by atoms with Crippen molar-refractivity contribution < 1.29 is 0 Å². The second kappa shape index (κ2) is 34.7. The summed E-state index contributed by atoms with van der Waals surface area (Å²) in [7, 11) is 0. The summed E-state index contributed by atoms with van der Waals surface area (Å²) in [5.41, 5.74) is 37.3. The van der Waals surface area contributed by atoms with E-state index in [2.05, 4.69) is 488 Å². The van der Waals surface area contributed by atoms with E-state index in [4.69, 9.17) is 0 Å². The van der Waals surface area contributed by atoms with Crippen LogP contribution in [-0.2, 0) is 10.8 Å². The quantitative estimate of drug-likeness (QED) is 0.140. The Morgan fingerprint density at radius 2 is 0.441 bits per heavy atom. The van der Waals surface area contributed by atoms with E-state index in [0.29, 0.717) is 0 Å². The first-order chi connectivity index (χ1) is 57.5. The molecule has 0 radical (unpaired) electrons. The summed E-state index contributed by atoms with van der Waals surface area (Å²) in [4.78, 5) is 0. The fraction of sp³-hybridized carbons (Fsp3) is 0.102. The summed E-state index contributed by atoms with van der Waals surface area (Å²) >= 11 is 0. The van der Waals surface area contributed by atoms with E-state index in [1.807, 2.05) is 6.07 Å². The molecule has 0 spiro atoms. The predicted molar refractivity (Wildman–Crippen MR) is 510 cm³/mol. The minimum atomic E-state index is 0.0709. The van der Waals surface area contributed by atoms with Gasteiger partial charge >= 0.3 is 0 Å². The van der Waals surface area contributed by atoms with Gasteiger partial charge in [0.25, 0.3) is 0 Å². The average molecular weight is 1520 g/mol. The monoisotopic (exact) mass is 1520 g/mol. The molecule has 0 saturated heterocycles. The molecule has 2 aliphatic rings. The Balaban J connectivity index is 0.000000106. The molecule has 19 aromatic carbocycles. The summed E-state index contributed by atoms with van der Waals surface area (Å²) in [6.45, 7) is 22.1. The smallest absolute Gasteiger partial charge is 0.0159 e. The van der Waals surface area contributed by atoms with E-state index in [-0.39, 0.29) is 10.8 Å². The lowest BCUT2D eigenvalue weighted by Crippen LogP contribution is -2.15. The summed E-state index contributed by atoms with van der Waals surface area (Å²) in [5, 5.41) is 10.5. The number of rotatable bonds is 7. The predicted octanol–water partition coefficient (Wildman–Crippen LogP) is 32.9. The van der Waals surface area contributed by atoms with Gasteiger partial charge in [0.1, 0.15) is 0 Å². The van der Waals surface area contributed by atoms with E-state index in [1.54, 1.807) is 0 Å². The second-order valence-electron chi connectivity index (χ2n) is 32.8. The molecule has 0 aromatic heterocycles. The van der Waals surface area contributed by atoms with Gasteiger partial charge in [-0.05, 0) is 237 Å². The molecule has 118 heavy (non-hydrogen) atoms. The van der Waals surface area contributed by atoms with Crippen molar-refractivity contribution >= 4 is 43.1 Å². The van der Waals surface area contributed by atoms with Gasteiger partial charge in [0.15, 0.2) is 0 Å². The lowest BCUT2D eigenvalue weighted by molar-refractivity contribution is 0.660. The van der Waals surface area contributed by atoms with Gasteiger partial charge in [0.2, 0.25) is 0 Å². The molecule has 572 valence electrons. The van der Waals surface area contributed by atoms with Crippen molar-refractivity contribution in [2.75, 3.05) is 0 Å². The fourth-order valence-corrected chi connectivity index (χ4v) is 16.9. The Hall–Kier alpha value is -13.8. The van der Waals surface area contributed by atoms with E-state index in [9.17, 15) is 0 Å². The number of fused-ring (bicyclic) bond motifs is 11. The molecule has 0 aliphatic heterocycles. The van der Waals surface area contributed by atoms with Crippen molar-refractivity contribution in [2.24, 2.45) is 0 Å². The molecule has 0 amide bonds. The average Bonchev–Trinajstić information content (AvgIpc) is 1.28. The normalized spacial score (nSPS) is 12.1. The van der Waals surface area contributed by atoms with Crippen molar-refractivity contribution in [2.45, 2.75) is 80.1 Å². The standard InChI is InChI=1S/2C22H20.C21H16.C19H16.2C17H14/c1-15-8-10-16(11-9-15)17-12-13-19-18-6-4-5-7-20(18)22(2,3)21(19)14-17;1-15-9-11-18-19-12-10-17(16-7-5-4-6-8-16)14-21(19)22(2,3)20(18)13-15;1-15-10-12-16(13-11-15)21-14-17-6-2-3-7-18(17)19-8-4-5-9-20(19)21;1-15-10-12-17(13-11-15)19-9-5-8-18(14-19)16-6-3-2-4-7-16;1-13-9-11-15(12-10-13)17-8-4-6-14-5-2-3-7-16(14)17;1-13-6-8-15(9-7-13)17-11-10-14-4-2-3-5-16(14)12-17/h2*4-14H,1-3H3;2-14H,1H3;2-14H,1H3;2*2-12H,1H3. The van der Waals surface area contributed by atoms with Crippen molar-refractivity contribution in [3.63, 3.8) is 0 Å². The highest BCUT2D eigenvalue weighted by atomic mass is 14.4. The van der Waals surface area contributed by atoms with E-state index in [1.165, 1.54) is 199 Å². The van der Waals surface area contributed by atoms with Gasteiger partial charge in [-0.3, -0.25) is 0 Å². The molecule has 19 aromatic rings. The Morgan fingerprint density at radius 3 is 0.966 bits per heavy atom. The molecule has 0 nitrogen and oxygen atoms in total. The van der Waals surface area contributed by atoms with Crippen LogP contribution in [0.5, 0.6) is 0 Å². The molecule has 0 atom stereocenters. The van der Waals surface area contributed by atoms with Crippen molar-refractivity contribution in [3.05, 3.63) is 480 Å². The highest BCUT2D eigenvalue weighted by Crippen LogP contribution is 2.52. The third kappa shape index (κ3) is 17.1. The maximum Gasteiger partial charge on any atom is 0.0159 e. The van der Waals surface area contributed by atoms with E-state index < -0.39 is 0 Å². The van der Waals surface area contributed by atoms with Gasteiger partial charge in [0.05, 0.1) is 0 Å². The van der Waals surface area contributed by atoms with Crippen LogP contribution in [0.15, 0.2) is 425 Å². The molecular formula is C118H100. The van der Waals surface area contributed by atoms with Gasteiger partial charge < -0.3 is 0 Å². The maximum atomic E-state index is 2.38. The van der Waals surface area contributed by atoms with Gasteiger partial charge in [-0.2, -0.15) is 0 Å². The topological polar surface area (TPSA) is 0 Å². The van der Waals surface area contributed by atoms with Crippen molar-refractivity contribution in [3.8, 4) is 100 Å². The van der Waals surface area contributed by atoms with Crippen LogP contribution in [0.2, 0.25) is 0 Å². The van der Waals surface area contributed by atoms with E-state index in [0.717, 1.165) is 0 Å². The fourth-order valence-electron chi connectivity index (χ4n) is 16.9. The Kier molecular flexibility index (Phi) is 23.0. The van der Waals surface area contributed by atoms with Gasteiger partial charge in [-0.1, -0.05) is 455 Å². The number of aryl methyl sites for hydroxylation is 6. The van der Waals surface area contributed by atoms with Crippen LogP contribution in [0, 0.1) is 41.5 Å². The zero-order chi connectivity index (χ0) is 81.3. The first-order valence-corrected chi connectivity index (χ1v) is 41.4. The van der Waals surface area contributed by atoms with Gasteiger partial charge in [-0.15, -0.1) is 0 Å². The molecule has 0 heteroatoms. The lowest BCUT2D eigenvalue weighted by Gasteiger charge is -2.22. The first kappa shape index (κ1) is 78.1. The Labute approximate surface area is 698 Å². The largest absolute Gasteiger partial charge is 0.0622 e. The summed E-state index contributed by atoms with van der Waals surface area (Å²) in [6.07, 6.45) is 0. The minimum absolute atomic E-state index is 0.0709. The lowest BCUT2D eigenvalue weighted by atomic mass is 9.81. The summed E-state index contributed by atoms with van der Waals surface area (Å²) in [6, 6.07) is 153. The van der Waals surface area contributed by atoms with Crippen LogP contribution >= 0.6 is 0 Å². The summed E-state index contributed by atoms with van der Waals surface area (Å²) < 4.78 is 0. The molecule has 0 unspecified atom stereocenters. The highest BCUT2D eigenvalue weighted by Gasteiger charge is 2.37. The zero-order valence-corrected chi connectivity index (χ0v) is 69.4. The summed E-state index contributed by atoms with van der Waals surface area (Å²) in [5.74, 6) is 0. The number of benzene rings is 19. The molecule has 0 N–H and O–H groups in total. The van der Waals surface area contributed by atoms with Crippen LogP contribution < -0.4 is 0 Å². The molecule has 0 saturated carbocycles. The molecule has 2 aliphatic carbocycles. The first-order valence-electron chi connectivity index (χ1n) is 41.4.